The molecule has 0 bridgehead atoms. The molecule has 2 fully saturated rings. The molecule has 1 aromatic rings. The van der Waals surface area contributed by atoms with E-state index in [-0.39, 0.29) is 11.8 Å². The first-order chi connectivity index (χ1) is 13.5. The SMILES string of the molecule is CN(C=O)c1c(OCC2CCNCC2)cccc1N(C)C1CCC(=O)NC1=O. The number of carbonyl (C=O) groups is 3. The summed E-state index contributed by atoms with van der Waals surface area (Å²) in [5.41, 5.74) is 1.34. The van der Waals surface area contributed by atoms with Crippen LogP contribution in [0, 0.1) is 5.92 Å². The summed E-state index contributed by atoms with van der Waals surface area (Å²) in [5.74, 6) is 0.523. The van der Waals surface area contributed by atoms with E-state index in [9.17, 15) is 14.4 Å². The molecule has 2 saturated heterocycles. The quantitative estimate of drug-likeness (QED) is 0.533. The van der Waals surface area contributed by atoms with E-state index in [2.05, 4.69) is 10.6 Å². The van der Waals surface area contributed by atoms with Crippen molar-refractivity contribution < 1.29 is 19.1 Å². The highest BCUT2D eigenvalue weighted by Crippen LogP contribution is 2.38. The topological polar surface area (TPSA) is 91.0 Å². The standard InChI is InChI=1S/C20H28N4O4/c1-23(13-25)19-15(24(2)16-6-7-18(26)22-20(16)27)4-3-5-17(19)28-12-14-8-10-21-11-9-14/h3-5,13-14,16,21H,6-12H2,1-2H3,(H,22,26,27). The maximum atomic E-state index is 12.3. The van der Waals surface area contributed by atoms with Crippen molar-refractivity contribution in [1.29, 1.82) is 0 Å². The molecule has 0 aromatic heterocycles. The summed E-state index contributed by atoms with van der Waals surface area (Å²) < 4.78 is 6.11. The maximum absolute atomic E-state index is 12.3. The van der Waals surface area contributed by atoms with Gasteiger partial charge in [0.2, 0.25) is 18.2 Å². The minimum atomic E-state index is -0.476. The van der Waals surface area contributed by atoms with Gasteiger partial charge >= 0.3 is 0 Å². The lowest BCUT2D eigenvalue weighted by atomic mass is 9.99. The number of benzene rings is 1. The first kappa shape index (κ1) is 20.1. The molecular formula is C20H28N4O4. The number of carbonyl (C=O) groups excluding carboxylic acids is 3. The van der Waals surface area contributed by atoms with Crippen molar-refractivity contribution in [3.05, 3.63) is 18.2 Å². The summed E-state index contributed by atoms with van der Waals surface area (Å²) in [5, 5.41) is 5.73. The van der Waals surface area contributed by atoms with Crippen LogP contribution >= 0.6 is 0 Å². The smallest absolute Gasteiger partial charge is 0.249 e. The van der Waals surface area contributed by atoms with Gasteiger partial charge in [-0.05, 0) is 50.4 Å². The molecule has 1 unspecified atom stereocenters. The first-order valence-electron chi connectivity index (χ1n) is 9.72. The van der Waals surface area contributed by atoms with Gasteiger partial charge in [0.15, 0.2) is 0 Å². The number of anilines is 2. The number of likely N-dealkylation sites (N-methyl/N-ethyl adjacent to an activating group) is 1. The predicted molar refractivity (Wildman–Crippen MR) is 107 cm³/mol. The molecule has 2 aliphatic heterocycles. The van der Waals surface area contributed by atoms with Crippen molar-refractivity contribution in [3.63, 3.8) is 0 Å². The van der Waals surface area contributed by atoms with Crippen LogP contribution in [-0.2, 0) is 14.4 Å². The van der Waals surface area contributed by atoms with Crippen molar-refractivity contribution in [2.45, 2.75) is 31.7 Å². The van der Waals surface area contributed by atoms with Gasteiger partial charge in [0.1, 0.15) is 17.5 Å². The summed E-state index contributed by atoms with van der Waals surface area (Å²) in [6, 6.07) is 5.09. The molecule has 0 saturated carbocycles. The van der Waals surface area contributed by atoms with Gasteiger partial charge < -0.3 is 19.9 Å². The van der Waals surface area contributed by atoms with Crippen molar-refractivity contribution in [2.24, 2.45) is 5.92 Å². The highest BCUT2D eigenvalue weighted by atomic mass is 16.5. The molecule has 2 aliphatic rings. The minimum Gasteiger partial charge on any atom is -0.491 e. The van der Waals surface area contributed by atoms with Crippen LogP contribution in [0.25, 0.3) is 0 Å². The Morgan fingerprint density at radius 3 is 2.61 bits per heavy atom. The number of nitrogens with zero attached hydrogens (tertiary/aromatic N) is 2. The summed E-state index contributed by atoms with van der Waals surface area (Å²) in [4.78, 5) is 38.6. The second-order valence-corrected chi connectivity index (χ2v) is 7.42. The number of para-hydroxylation sites is 1. The van der Waals surface area contributed by atoms with E-state index in [4.69, 9.17) is 4.74 Å². The van der Waals surface area contributed by atoms with E-state index < -0.39 is 6.04 Å². The fourth-order valence-electron chi connectivity index (χ4n) is 3.79. The Kier molecular flexibility index (Phi) is 6.51. The average molecular weight is 388 g/mol. The van der Waals surface area contributed by atoms with Gasteiger partial charge in [-0.2, -0.15) is 0 Å². The molecule has 28 heavy (non-hydrogen) atoms. The summed E-state index contributed by atoms with van der Waals surface area (Å²) in [6.45, 7) is 2.58. The molecule has 0 aliphatic carbocycles. The van der Waals surface area contributed by atoms with Crippen LogP contribution in [0.5, 0.6) is 5.75 Å². The van der Waals surface area contributed by atoms with Crippen LogP contribution < -0.4 is 25.2 Å². The normalized spacial score (nSPS) is 20.4. The molecule has 3 rings (SSSR count). The van der Waals surface area contributed by atoms with Crippen LogP contribution in [0.3, 0.4) is 0 Å². The Morgan fingerprint density at radius 2 is 1.93 bits per heavy atom. The van der Waals surface area contributed by atoms with E-state index in [1.165, 1.54) is 4.90 Å². The highest BCUT2D eigenvalue weighted by Gasteiger charge is 2.32. The largest absolute Gasteiger partial charge is 0.491 e. The van der Waals surface area contributed by atoms with Gasteiger partial charge in [-0.1, -0.05) is 6.07 Å². The van der Waals surface area contributed by atoms with E-state index >= 15 is 0 Å². The van der Waals surface area contributed by atoms with Crippen LogP contribution in [0.1, 0.15) is 25.7 Å². The molecule has 1 aromatic carbocycles. The molecule has 8 heteroatoms. The van der Waals surface area contributed by atoms with Gasteiger partial charge in [0.25, 0.3) is 0 Å². The van der Waals surface area contributed by atoms with E-state index in [1.54, 1.807) is 14.1 Å². The number of piperidine rings is 2. The van der Waals surface area contributed by atoms with E-state index in [0.717, 1.165) is 32.3 Å². The average Bonchev–Trinajstić information content (AvgIpc) is 2.71. The van der Waals surface area contributed by atoms with Crippen LogP contribution in [0.2, 0.25) is 0 Å². The van der Waals surface area contributed by atoms with Gasteiger partial charge in [0.05, 0.1) is 12.3 Å². The molecule has 8 nitrogen and oxygen atoms in total. The molecule has 152 valence electrons. The van der Waals surface area contributed by atoms with Gasteiger partial charge in [-0.25, -0.2) is 0 Å². The fourth-order valence-corrected chi connectivity index (χ4v) is 3.79. The molecule has 0 radical (unpaired) electrons. The van der Waals surface area contributed by atoms with Crippen LogP contribution in [0.4, 0.5) is 11.4 Å². The molecule has 2 heterocycles. The van der Waals surface area contributed by atoms with Crippen LogP contribution in [0.15, 0.2) is 18.2 Å². The highest BCUT2D eigenvalue weighted by molar-refractivity contribution is 6.02. The number of amides is 3. The third-order valence-corrected chi connectivity index (χ3v) is 5.48. The number of ether oxygens (including phenoxy) is 1. The van der Waals surface area contributed by atoms with E-state index in [1.807, 2.05) is 23.1 Å². The molecular weight excluding hydrogens is 360 g/mol. The fraction of sp³-hybridized carbons (Fsp3) is 0.550. The Balaban J connectivity index is 1.84. The summed E-state index contributed by atoms with van der Waals surface area (Å²) in [7, 11) is 3.47. The second-order valence-electron chi connectivity index (χ2n) is 7.42. The second kappa shape index (κ2) is 9.05. The lowest BCUT2D eigenvalue weighted by molar-refractivity contribution is -0.134. The van der Waals surface area contributed by atoms with Crippen molar-refractivity contribution in [2.75, 3.05) is 43.6 Å². The van der Waals surface area contributed by atoms with Crippen molar-refractivity contribution in [1.82, 2.24) is 10.6 Å². The first-order valence-corrected chi connectivity index (χ1v) is 9.72. The number of rotatable bonds is 7. The molecule has 0 spiro atoms. The van der Waals surface area contributed by atoms with Gasteiger partial charge in [0, 0.05) is 20.5 Å². The summed E-state index contributed by atoms with van der Waals surface area (Å²) >= 11 is 0. The van der Waals surface area contributed by atoms with E-state index in [0.29, 0.717) is 42.5 Å². The minimum absolute atomic E-state index is 0.251. The number of nitrogens with one attached hydrogen (secondary N) is 2. The van der Waals surface area contributed by atoms with Crippen molar-refractivity contribution >= 4 is 29.6 Å². The Hall–Kier alpha value is -2.61. The third-order valence-electron chi connectivity index (χ3n) is 5.48. The third kappa shape index (κ3) is 4.44. The van der Waals surface area contributed by atoms with Crippen molar-refractivity contribution in [3.8, 4) is 5.75 Å². The predicted octanol–water partition coefficient (Wildman–Crippen LogP) is 0.899. The van der Waals surface area contributed by atoms with Gasteiger partial charge in [-0.15, -0.1) is 0 Å². The number of hydrogen-bond acceptors (Lipinski definition) is 6. The summed E-state index contributed by atoms with van der Waals surface area (Å²) in [6.07, 6.45) is 3.59. The van der Waals surface area contributed by atoms with Gasteiger partial charge in [-0.3, -0.25) is 19.7 Å². The zero-order valence-electron chi connectivity index (χ0n) is 16.4. The number of imide groups is 1. The maximum Gasteiger partial charge on any atom is 0.249 e. The lowest BCUT2D eigenvalue weighted by Crippen LogP contribution is -2.51. The Morgan fingerprint density at radius 1 is 1.18 bits per heavy atom. The molecule has 3 amide bonds. The Labute approximate surface area is 165 Å². The monoisotopic (exact) mass is 388 g/mol. The zero-order valence-corrected chi connectivity index (χ0v) is 16.4. The number of hydrogen-bond donors (Lipinski definition) is 2. The lowest BCUT2D eigenvalue weighted by Gasteiger charge is -2.34. The molecule has 2 N–H and O–H groups in total. The van der Waals surface area contributed by atoms with Crippen LogP contribution in [-0.4, -0.2) is 58.1 Å². The Bertz CT molecular complexity index is 733. The molecule has 1 atom stereocenters. The zero-order chi connectivity index (χ0) is 20.1.